The Morgan fingerprint density at radius 1 is 1.24 bits per heavy atom. The van der Waals surface area contributed by atoms with Crippen molar-refractivity contribution >= 4 is 5.82 Å². The zero-order valence-corrected chi connectivity index (χ0v) is 10.6. The third-order valence-electron chi connectivity index (χ3n) is 3.06. The summed E-state index contributed by atoms with van der Waals surface area (Å²) in [5.74, 6) is 0.976. The summed E-state index contributed by atoms with van der Waals surface area (Å²) in [7, 11) is 0. The molecule has 2 rings (SSSR count). The van der Waals surface area contributed by atoms with Crippen molar-refractivity contribution in [3.05, 3.63) is 35.4 Å². The monoisotopic (exact) mass is 229 g/mol. The van der Waals surface area contributed by atoms with E-state index in [-0.39, 0.29) is 0 Å². The molecule has 0 bridgehead atoms. The lowest BCUT2D eigenvalue weighted by Crippen LogP contribution is -1.95. The summed E-state index contributed by atoms with van der Waals surface area (Å²) in [6.07, 6.45) is 1.06. The fourth-order valence-corrected chi connectivity index (χ4v) is 2.08. The summed E-state index contributed by atoms with van der Waals surface area (Å²) in [5.41, 5.74) is 10.5. The fraction of sp³-hybridized carbons (Fsp3) is 0.357. The number of aromatic nitrogens is 2. The van der Waals surface area contributed by atoms with E-state index in [1.807, 2.05) is 0 Å². The number of aryl methyl sites for hydroxylation is 1. The van der Waals surface area contributed by atoms with Gasteiger partial charge in [0.05, 0.1) is 5.69 Å². The van der Waals surface area contributed by atoms with E-state index < -0.39 is 0 Å². The quantitative estimate of drug-likeness (QED) is 0.848. The Labute approximate surface area is 102 Å². The van der Waals surface area contributed by atoms with Crippen molar-refractivity contribution in [3.63, 3.8) is 0 Å². The van der Waals surface area contributed by atoms with Crippen molar-refractivity contribution in [3.8, 4) is 11.3 Å². The van der Waals surface area contributed by atoms with E-state index in [4.69, 9.17) is 5.73 Å². The van der Waals surface area contributed by atoms with Crippen molar-refractivity contribution in [2.24, 2.45) is 0 Å². The number of hydrogen-bond donors (Lipinski definition) is 2. The van der Waals surface area contributed by atoms with Crippen LogP contribution in [-0.2, 0) is 6.42 Å². The van der Waals surface area contributed by atoms with Crippen molar-refractivity contribution in [2.45, 2.75) is 33.1 Å². The van der Waals surface area contributed by atoms with Crippen LogP contribution in [0.15, 0.2) is 24.3 Å². The first-order valence-corrected chi connectivity index (χ1v) is 6.06. The lowest BCUT2D eigenvalue weighted by atomic mass is 9.98. The number of aromatic amines is 1. The molecule has 0 saturated carbocycles. The second-order valence-electron chi connectivity index (χ2n) is 4.60. The Kier molecular flexibility index (Phi) is 3.18. The first-order valence-electron chi connectivity index (χ1n) is 6.06. The first kappa shape index (κ1) is 11.7. The SMILES string of the molecule is CCc1ccc(-c2[nH]nc(N)c2C(C)C)cc1. The Hall–Kier alpha value is -1.77. The van der Waals surface area contributed by atoms with Crippen LogP contribution in [0.3, 0.4) is 0 Å². The predicted molar refractivity (Wildman–Crippen MR) is 71.9 cm³/mol. The molecule has 1 aromatic heterocycles. The van der Waals surface area contributed by atoms with Crippen LogP contribution in [0, 0.1) is 0 Å². The van der Waals surface area contributed by atoms with Crippen molar-refractivity contribution < 1.29 is 0 Å². The van der Waals surface area contributed by atoms with Gasteiger partial charge in [-0.15, -0.1) is 0 Å². The summed E-state index contributed by atoms with van der Waals surface area (Å²) >= 11 is 0. The van der Waals surface area contributed by atoms with Gasteiger partial charge in [-0.1, -0.05) is 45.0 Å². The maximum Gasteiger partial charge on any atom is 0.149 e. The van der Waals surface area contributed by atoms with Gasteiger partial charge in [0.2, 0.25) is 0 Å². The van der Waals surface area contributed by atoms with Crippen LogP contribution >= 0.6 is 0 Å². The average Bonchev–Trinajstić information content (AvgIpc) is 2.71. The molecular weight excluding hydrogens is 210 g/mol. The molecular formula is C14H19N3. The third kappa shape index (κ3) is 2.18. The first-order chi connectivity index (χ1) is 8.13. The molecule has 0 aliphatic rings. The highest BCUT2D eigenvalue weighted by Gasteiger charge is 2.15. The highest BCUT2D eigenvalue weighted by molar-refractivity contribution is 5.69. The minimum atomic E-state index is 0.370. The second-order valence-corrected chi connectivity index (χ2v) is 4.60. The van der Waals surface area contributed by atoms with Crippen molar-refractivity contribution in [2.75, 3.05) is 5.73 Å². The van der Waals surface area contributed by atoms with E-state index in [2.05, 4.69) is 55.2 Å². The van der Waals surface area contributed by atoms with E-state index in [0.717, 1.165) is 23.2 Å². The fourth-order valence-electron chi connectivity index (χ4n) is 2.08. The highest BCUT2D eigenvalue weighted by Crippen LogP contribution is 2.31. The molecule has 0 aliphatic heterocycles. The second kappa shape index (κ2) is 4.62. The normalized spacial score (nSPS) is 11.1. The van der Waals surface area contributed by atoms with Gasteiger partial charge in [0.1, 0.15) is 5.82 Å². The number of hydrogen-bond acceptors (Lipinski definition) is 2. The van der Waals surface area contributed by atoms with Gasteiger partial charge in [-0.25, -0.2) is 0 Å². The number of nitrogen functional groups attached to an aromatic ring is 1. The van der Waals surface area contributed by atoms with Crippen LogP contribution in [0.2, 0.25) is 0 Å². The number of nitrogens with one attached hydrogen (secondary N) is 1. The average molecular weight is 229 g/mol. The maximum atomic E-state index is 5.89. The van der Waals surface area contributed by atoms with E-state index >= 15 is 0 Å². The van der Waals surface area contributed by atoms with Crippen LogP contribution in [0.5, 0.6) is 0 Å². The van der Waals surface area contributed by atoms with Gasteiger partial charge in [-0.05, 0) is 23.5 Å². The summed E-state index contributed by atoms with van der Waals surface area (Å²) in [6.45, 7) is 6.42. The van der Waals surface area contributed by atoms with Gasteiger partial charge in [-0.3, -0.25) is 5.10 Å². The smallest absolute Gasteiger partial charge is 0.149 e. The third-order valence-corrected chi connectivity index (χ3v) is 3.06. The van der Waals surface area contributed by atoms with Crippen LogP contribution in [0.4, 0.5) is 5.82 Å². The molecule has 1 heterocycles. The van der Waals surface area contributed by atoms with Gasteiger partial charge in [0.15, 0.2) is 0 Å². The largest absolute Gasteiger partial charge is 0.382 e. The molecule has 0 spiro atoms. The minimum absolute atomic E-state index is 0.370. The van der Waals surface area contributed by atoms with Gasteiger partial charge in [0, 0.05) is 5.56 Å². The topological polar surface area (TPSA) is 54.7 Å². The zero-order chi connectivity index (χ0) is 12.4. The number of anilines is 1. The summed E-state index contributed by atoms with van der Waals surface area (Å²) in [4.78, 5) is 0. The molecule has 0 radical (unpaired) electrons. The Morgan fingerprint density at radius 3 is 2.41 bits per heavy atom. The minimum Gasteiger partial charge on any atom is -0.382 e. The van der Waals surface area contributed by atoms with Crippen LogP contribution in [0.25, 0.3) is 11.3 Å². The van der Waals surface area contributed by atoms with E-state index in [1.54, 1.807) is 0 Å². The highest BCUT2D eigenvalue weighted by atomic mass is 15.2. The summed E-state index contributed by atoms with van der Waals surface area (Å²) in [6, 6.07) is 8.54. The number of rotatable bonds is 3. The molecule has 0 amide bonds. The number of nitrogens with zero attached hydrogens (tertiary/aromatic N) is 1. The molecule has 2 aromatic rings. The molecule has 0 atom stereocenters. The van der Waals surface area contributed by atoms with E-state index in [1.165, 1.54) is 5.56 Å². The number of benzene rings is 1. The van der Waals surface area contributed by atoms with Gasteiger partial charge in [0.25, 0.3) is 0 Å². The lowest BCUT2D eigenvalue weighted by Gasteiger charge is -2.08. The van der Waals surface area contributed by atoms with Crippen molar-refractivity contribution in [1.82, 2.24) is 10.2 Å². The Balaban J connectivity index is 2.45. The number of H-pyrrole nitrogens is 1. The van der Waals surface area contributed by atoms with E-state index in [9.17, 15) is 0 Å². The van der Waals surface area contributed by atoms with E-state index in [0.29, 0.717) is 11.7 Å². The maximum absolute atomic E-state index is 5.89. The standard InChI is InChI=1S/C14H19N3/c1-4-10-5-7-11(8-6-10)13-12(9(2)3)14(15)17-16-13/h5-9H,4H2,1-3H3,(H3,15,16,17). The Morgan fingerprint density at radius 2 is 1.88 bits per heavy atom. The molecule has 0 fully saturated rings. The van der Waals surface area contributed by atoms with Gasteiger partial charge < -0.3 is 5.73 Å². The molecule has 17 heavy (non-hydrogen) atoms. The summed E-state index contributed by atoms with van der Waals surface area (Å²) in [5, 5.41) is 7.14. The molecule has 3 heteroatoms. The molecule has 90 valence electrons. The predicted octanol–water partition coefficient (Wildman–Crippen LogP) is 3.34. The molecule has 1 aromatic carbocycles. The van der Waals surface area contributed by atoms with Crippen molar-refractivity contribution in [1.29, 1.82) is 0 Å². The number of nitrogens with two attached hydrogens (primary N) is 1. The molecule has 0 saturated heterocycles. The van der Waals surface area contributed by atoms with Crippen LogP contribution in [-0.4, -0.2) is 10.2 Å². The summed E-state index contributed by atoms with van der Waals surface area (Å²) < 4.78 is 0. The molecule has 3 nitrogen and oxygen atoms in total. The molecule has 0 aliphatic carbocycles. The van der Waals surface area contributed by atoms with Gasteiger partial charge >= 0.3 is 0 Å². The Bertz CT molecular complexity index is 495. The zero-order valence-electron chi connectivity index (χ0n) is 10.6. The van der Waals surface area contributed by atoms with Crippen LogP contribution < -0.4 is 5.73 Å². The lowest BCUT2D eigenvalue weighted by molar-refractivity contribution is 0.873. The van der Waals surface area contributed by atoms with Crippen LogP contribution in [0.1, 0.15) is 37.8 Å². The van der Waals surface area contributed by atoms with Gasteiger partial charge in [-0.2, -0.15) is 5.10 Å². The molecule has 0 unspecified atom stereocenters. The molecule has 3 N–H and O–H groups in total.